The second kappa shape index (κ2) is 19.8. The van der Waals surface area contributed by atoms with Crippen LogP contribution in [0.3, 0.4) is 0 Å². The standard InChI is InChI=1S/C39H36NO.C21H23GeN2.Ir/c1-39(2,3)34-20-19-31(35-25-29(21-22-40-35)26-13-7-4-8-14-26)38-36(34)33-24-30(27-15-9-5-10-16-27)23-32(37(33)41-38)28-17-11-6-12-18-28;1-15-12-19(13-16(2)24-15)17-6-8-18(9-7-17)21-11-10-20(14-23-21)22(3,4)5;/h5-6,9-12,15-18,20-26H,4,7-8,13-14H2,1-3H3;6-8,10-14H,1-5H3;/q2*-1;. The van der Waals surface area contributed by atoms with Gasteiger partial charge < -0.3 is 9.40 Å². The molecule has 4 aromatic heterocycles. The molecule has 0 spiro atoms. The summed E-state index contributed by atoms with van der Waals surface area (Å²) in [5, 5.41) is 2.31. The fourth-order valence-electron chi connectivity index (χ4n) is 9.37. The molecule has 335 valence electrons. The number of fused-ring (bicyclic) bond motifs is 3. The van der Waals surface area contributed by atoms with E-state index in [2.05, 4.69) is 188 Å². The number of rotatable bonds is 7. The van der Waals surface area contributed by atoms with Gasteiger partial charge in [-0.1, -0.05) is 123 Å². The van der Waals surface area contributed by atoms with Gasteiger partial charge in [-0.25, -0.2) is 0 Å². The number of aryl methyl sites for hydroxylation is 2. The summed E-state index contributed by atoms with van der Waals surface area (Å²) in [5.41, 5.74) is 17.3. The first-order valence-corrected chi connectivity index (χ1v) is 30.6. The van der Waals surface area contributed by atoms with Crippen molar-refractivity contribution in [3.05, 3.63) is 181 Å². The van der Waals surface area contributed by atoms with Crippen LogP contribution in [0.15, 0.2) is 150 Å². The first-order valence-electron chi connectivity index (χ1n) is 23.3. The molecule has 4 nitrogen and oxygen atoms in total. The molecule has 4 heterocycles. The van der Waals surface area contributed by atoms with Crippen molar-refractivity contribution < 1.29 is 24.5 Å². The van der Waals surface area contributed by atoms with Crippen LogP contribution in [0.25, 0.3) is 77.8 Å². The van der Waals surface area contributed by atoms with E-state index in [0.717, 1.165) is 67.1 Å². The van der Waals surface area contributed by atoms with Crippen molar-refractivity contribution in [1.29, 1.82) is 0 Å². The Kier molecular flexibility index (Phi) is 14.1. The number of pyridine rings is 3. The van der Waals surface area contributed by atoms with Crippen molar-refractivity contribution >= 4 is 39.6 Å². The molecule has 1 fully saturated rings. The Morgan fingerprint density at radius 3 is 1.92 bits per heavy atom. The normalized spacial score (nSPS) is 13.3. The zero-order chi connectivity index (χ0) is 45.3. The van der Waals surface area contributed by atoms with Crippen molar-refractivity contribution in [2.45, 2.75) is 95.3 Å². The van der Waals surface area contributed by atoms with Crippen LogP contribution in [0, 0.1) is 26.0 Å². The molecule has 0 amide bonds. The van der Waals surface area contributed by atoms with Crippen LogP contribution in [-0.4, -0.2) is 28.2 Å². The van der Waals surface area contributed by atoms with Crippen molar-refractivity contribution in [3.8, 4) is 55.9 Å². The van der Waals surface area contributed by atoms with Crippen LogP contribution in [0.5, 0.6) is 0 Å². The van der Waals surface area contributed by atoms with E-state index in [1.807, 2.05) is 32.3 Å². The molecule has 0 N–H and O–H groups in total. The third kappa shape index (κ3) is 10.2. The Morgan fingerprint density at radius 1 is 0.621 bits per heavy atom. The van der Waals surface area contributed by atoms with E-state index in [-0.39, 0.29) is 25.5 Å². The van der Waals surface area contributed by atoms with Crippen molar-refractivity contribution in [3.63, 3.8) is 0 Å². The molecule has 9 aromatic rings. The fraction of sp³-hybridized carbons (Fsp3) is 0.250. The topological polar surface area (TPSA) is 51.8 Å². The molecule has 0 bridgehead atoms. The molecule has 0 aliphatic heterocycles. The van der Waals surface area contributed by atoms with Gasteiger partial charge in [-0.2, -0.15) is 0 Å². The zero-order valence-electron chi connectivity index (χ0n) is 39.6. The summed E-state index contributed by atoms with van der Waals surface area (Å²) in [6.45, 7) is 10.9. The average Bonchev–Trinajstić information content (AvgIpc) is 3.71. The van der Waals surface area contributed by atoms with E-state index in [1.54, 1.807) is 0 Å². The SMILES string of the molecule is CC(C)(C)c1c[c-]c(-c2cc(C3CCCCC3)ccn2)c2oc3c(-c4ccccc4)cc(-c4ccccc4)cc3c12.Cc1cc(-c2c[c-]c(-c3cc[c]([Ge]([CH3])([CH3])[CH3])cn3)cc2)cc(C)n1.[Ir]. The van der Waals surface area contributed by atoms with Gasteiger partial charge in [0.25, 0.3) is 0 Å². The van der Waals surface area contributed by atoms with Gasteiger partial charge >= 0.3 is 147 Å². The predicted octanol–water partition coefficient (Wildman–Crippen LogP) is 15.9. The summed E-state index contributed by atoms with van der Waals surface area (Å²) in [6, 6.07) is 54.4. The first kappa shape index (κ1) is 47.0. The van der Waals surface area contributed by atoms with Gasteiger partial charge in [0.2, 0.25) is 0 Å². The molecular formula is C60H59GeIrN3O-2. The number of hydrogen-bond acceptors (Lipinski definition) is 4. The number of nitrogens with zero attached hydrogens (tertiary/aromatic N) is 3. The number of benzene rings is 5. The maximum atomic E-state index is 6.96. The van der Waals surface area contributed by atoms with E-state index in [1.165, 1.54) is 69.7 Å². The average molecular weight is 1100 g/mol. The van der Waals surface area contributed by atoms with Gasteiger partial charge in [-0.15, -0.1) is 17.7 Å². The fourth-order valence-corrected chi connectivity index (χ4v) is 11.5. The molecule has 1 aliphatic rings. The number of furan rings is 1. The van der Waals surface area contributed by atoms with Crippen molar-refractivity contribution in [1.82, 2.24) is 15.0 Å². The maximum absolute atomic E-state index is 6.96. The monoisotopic (exact) mass is 1100 g/mol. The summed E-state index contributed by atoms with van der Waals surface area (Å²) in [4.78, 5) is 14.0. The predicted molar refractivity (Wildman–Crippen MR) is 275 cm³/mol. The van der Waals surface area contributed by atoms with Crippen molar-refractivity contribution in [2.24, 2.45) is 0 Å². The van der Waals surface area contributed by atoms with Crippen LogP contribution in [0.2, 0.25) is 17.3 Å². The van der Waals surface area contributed by atoms with Gasteiger partial charge in [-0.3, -0.25) is 0 Å². The second-order valence-electron chi connectivity index (χ2n) is 19.9. The number of hydrogen-bond donors (Lipinski definition) is 0. The third-order valence-electron chi connectivity index (χ3n) is 12.9. The van der Waals surface area contributed by atoms with Gasteiger partial charge in [-0.05, 0) is 64.8 Å². The molecule has 0 unspecified atom stereocenters. The molecule has 1 radical (unpaired) electrons. The van der Waals surface area contributed by atoms with E-state index >= 15 is 0 Å². The van der Waals surface area contributed by atoms with Crippen LogP contribution < -0.4 is 4.40 Å². The molecule has 5 aromatic carbocycles. The van der Waals surface area contributed by atoms with E-state index in [0.29, 0.717) is 5.92 Å². The van der Waals surface area contributed by atoms with Crippen molar-refractivity contribution in [2.75, 3.05) is 0 Å². The quantitative estimate of drug-likeness (QED) is 0.118. The van der Waals surface area contributed by atoms with Crippen LogP contribution in [0.4, 0.5) is 0 Å². The Labute approximate surface area is 408 Å². The summed E-state index contributed by atoms with van der Waals surface area (Å²) in [6.07, 6.45) is 10.5. The summed E-state index contributed by atoms with van der Waals surface area (Å²) in [7, 11) is 0. The smallest absolute Gasteiger partial charge is 0 e. The van der Waals surface area contributed by atoms with Crippen LogP contribution in [-0.2, 0) is 25.5 Å². The van der Waals surface area contributed by atoms with E-state index < -0.39 is 13.3 Å². The van der Waals surface area contributed by atoms with Crippen LogP contribution in [0.1, 0.15) is 81.3 Å². The minimum atomic E-state index is -1.80. The summed E-state index contributed by atoms with van der Waals surface area (Å²) < 4.78 is 8.39. The Bertz CT molecular complexity index is 3070. The summed E-state index contributed by atoms with van der Waals surface area (Å²) >= 11 is -1.80. The Balaban J connectivity index is 0.000000203. The molecule has 0 atom stereocenters. The minimum Gasteiger partial charge on any atom is 0 e. The van der Waals surface area contributed by atoms with Gasteiger partial charge in [0.1, 0.15) is 5.58 Å². The summed E-state index contributed by atoms with van der Waals surface area (Å²) in [5.74, 6) is 7.77. The minimum absolute atomic E-state index is 0. The van der Waals surface area contributed by atoms with Gasteiger partial charge in [0.15, 0.2) is 0 Å². The number of aromatic nitrogens is 3. The van der Waals surface area contributed by atoms with Gasteiger partial charge in [0.05, 0.1) is 5.58 Å². The van der Waals surface area contributed by atoms with E-state index in [4.69, 9.17) is 9.40 Å². The van der Waals surface area contributed by atoms with Crippen LogP contribution >= 0.6 is 0 Å². The van der Waals surface area contributed by atoms with Gasteiger partial charge in [0, 0.05) is 37.3 Å². The zero-order valence-corrected chi connectivity index (χ0v) is 44.0. The molecule has 0 saturated heterocycles. The molecule has 1 saturated carbocycles. The first-order chi connectivity index (χ1) is 31.3. The third-order valence-corrected chi connectivity index (χ3v) is 17.2. The van der Waals surface area contributed by atoms with E-state index in [9.17, 15) is 0 Å². The molecule has 66 heavy (non-hydrogen) atoms. The Hall–Kier alpha value is -5.46. The molecule has 6 heteroatoms. The Morgan fingerprint density at radius 2 is 1.30 bits per heavy atom. The molecule has 10 rings (SSSR count). The molecular weight excluding hydrogens is 1040 g/mol. The second-order valence-corrected chi connectivity index (χ2v) is 30.5. The molecule has 1 aliphatic carbocycles.